The molecule has 1 aromatic carbocycles. The lowest BCUT2D eigenvalue weighted by Gasteiger charge is -2.49. The van der Waals surface area contributed by atoms with Crippen LogP contribution in [-0.4, -0.2) is 18.3 Å². The molecular formula is C18H20ClNO3. The zero-order valence-corrected chi connectivity index (χ0v) is 13.7. The van der Waals surface area contributed by atoms with Crippen LogP contribution in [0.1, 0.15) is 32.1 Å². The summed E-state index contributed by atoms with van der Waals surface area (Å²) in [5.74, 6) is 2.96. The van der Waals surface area contributed by atoms with Gasteiger partial charge < -0.3 is 9.57 Å². The maximum absolute atomic E-state index is 11.8. The number of nitrogens with zero attached hydrogens (tertiary/aromatic N) is 1. The van der Waals surface area contributed by atoms with Gasteiger partial charge in [-0.2, -0.15) is 0 Å². The topological polar surface area (TPSA) is 47.9 Å². The highest BCUT2D eigenvalue weighted by Crippen LogP contribution is 2.52. The lowest BCUT2D eigenvalue weighted by molar-refractivity contribution is -0.146. The van der Waals surface area contributed by atoms with E-state index in [1.54, 1.807) is 24.3 Å². The van der Waals surface area contributed by atoms with Crippen molar-refractivity contribution < 1.29 is 14.4 Å². The summed E-state index contributed by atoms with van der Waals surface area (Å²) in [6, 6.07) is 6.88. The second kappa shape index (κ2) is 6.16. The molecule has 122 valence electrons. The second-order valence-electron chi connectivity index (χ2n) is 7.03. The minimum absolute atomic E-state index is 0.140. The second-order valence-corrected chi connectivity index (χ2v) is 7.46. The highest BCUT2D eigenvalue weighted by atomic mass is 35.5. The molecule has 0 aromatic heterocycles. The maximum Gasteiger partial charge on any atom is 0.372 e. The number of hydrogen-bond donors (Lipinski definition) is 0. The van der Waals surface area contributed by atoms with Gasteiger partial charge in [0.2, 0.25) is 0 Å². The van der Waals surface area contributed by atoms with Crippen LogP contribution in [0.25, 0.3) is 0 Å². The Bertz CT molecular complexity index is 596. The summed E-state index contributed by atoms with van der Waals surface area (Å²) >= 11 is 5.81. The van der Waals surface area contributed by atoms with E-state index in [1.165, 1.54) is 32.1 Å². The van der Waals surface area contributed by atoms with Gasteiger partial charge in [0.15, 0.2) is 6.61 Å². The number of carbonyl (C=O) groups is 1. The highest BCUT2D eigenvalue weighted by molar-refractivity contribution is 6.30. The van der Waals surface area contributed by atoms with E-state index in [-0.39, 0.29) is 6.61 Å². The summed E-state index contributed by atoms with van der Waals surface area (Å²) in [6.07, 6.45) is 6.31. The molecule has 1 aromatic rings. The van der Waals surface area contributed by atoms with Crippen molar-refractivity contribution in [3.05, 3.63) is 29.3 Å². The minimum Gasteiger partial charge on any atom is -0.482 e. The molecule has 0 spiro atoms. The van der Waals surface area contributed by atoms with Gasteiger partial charge in [-0.15, -0.1) is 0 Å². The van der Waals surface area contributed by atoms with Crippen molar-refractivity contribution >= 4 is 23.3 Å². The maximum atomic E-state index is 11.8. The lowest BCUT2D eigenvalue weighted by Crippen LogP contribution is -2.45. The average molecular weight is 334 g/mol. The van der Waals surface area contributed by atoms with Crippen molar-refractivity contribution in [3.63, 3.8) is 0 Å². The van der Waals surface area contributed by atoms with Crippen LogP contribution < -0.4 is 4.74 Å². The number of halogens is 1. The van der Waals surface area contributed by atoms with Gasteiger partial charge in [-0.3, -0.25) is 0 Å². The van der Waals surface area contributed by atoms with Crippen molar-refractivity contribution in [2.75, 3.05) is 6.61 Å². The molecule has 0 radical (unpaired) electrons. The first-order valence-electron chi connectivity index (χ1n) is 8.33. The fraction of sp³-hybridized carbons (Fsp3) is 0.556. The molecule has 0 aliphatic heterocycles. The first-order valence-corrected chi connectivity index (χ1v) is 8.71. The highest BCUT2D eigenvalue weighted by Gasteiger charge is 2.46. The van der Waals surface area contributed by atoms with E-state index in [2.05, 4.69) is 5.16 Å². The Morgan fingerprint density at radius 3 is 2.26 bits per heavy atom. The molecule has 0 heterocycles. The number of benzene rings is 1. The number of rotatable bonds is 4. The van der Waals surface area contributed by atoms with Crippen molar-refractivity contribution in [1.29, 1.82) is 0 Å². The van der Waals surface area contributed by atoms with E-state index in [0.717, 1.165) is 17.5 Å². The number of ether oxygens (including phenoxy) is 1. The van der Waals surface area contributed by atoms with Gasteiger partial charge in [0.25, 0.3) is 0 Å². The number of oxime groups is 1. The molecule has 4 aliphatic carbocycles. The fourth-order valence-corrected chi connectivity index (χ4v) is 4.75. The molecule has 4 aliphatic rings. The average Bonchev–Trinajstić information content (AvgIpc) is 2.53. The van der Waals surface area contributed by atoms with Gasteiger partial charge in [0.05, 0.1) is 5.71 Å². The zero-order valence-electron chi connectivity index (χ0n) is 12.9. The molecule has 4 saturated carbocycles. The Morgan fingerprint density at radius 2 is 1.65 bits per heavy atom. The van der Waals surface area contributed by atoms with Crippen LogP contribution in [0.15, 0.2) is 29.4 Å². The zero-order chi connectivity index (χ0) is 15.8. The summed E-state index contributed by atoms with van der Waals surface area (Å²) in [5.41, 5.74) is 1.12. The van der Waals surface area contributed by atoms with E-state index < -0.39 is 5.97 Å². The van der Waals surface area contributed by atoms with E-state index in [0.29, 0.717) is 22.6 Å². The molecule has 0 N–H and O–H groups in total. The SMILES string of the molecule is O=C(COc1ccc(Cl)cc1)ON=C1C2CC3CC(C2)CC1C3. The molecule has 4 fully saturated rings. The molecule has 4 nitrogen and oxygen atoms in total. The van der Waals surface area contributed by atoms with Gasteiger partial charge in [0, 0.05) is 16.9 Å². The fourth-order valence-electron chi connectivity index (χ4n) is 4.62. The third kappa shape index (κ3) is 3.23. The molecule has 0 unspecified atom stereocenters. The molecule has 4 bridgehead atoms. The van der Waals surface area contributed by atoms with Crippen LogP contribution in [0, 0.1) is 23.7 Å². The molecule has 5 heteroatoms. The molecule has 0 atom stereocenters. The Kier molecular flexibility index (Phi) is 4.02. The van der Waals surface area contributed by atoms with Crippen molar-refractivity contribution in [1.82, 2.24) is 0 Å². The Hall–Kier alpha value is -1.55. The van der Waals surface area contributed by atoms with Crippen molar-refractivity contribution in [3.8, 4) is 5.75 Å². The van der Waals surface area contributed by atoms with Crippen LogP contribution >= 0.6 is 11.6 Å². The smallest absolute Gasteiger partial charge is 0.372 e. The van der Waals surface area contributed by atoms with Crippen LogP contribution in [0.2, 0.25) is 5.02 Å². The van der Waals surface area contributed by atoms with E-state index >= 15 is 0 Å². The summed E-state index contributed by atoms with van der Waals surface area (Å²) in [5, 5.41) is 4.85. The Labute approximate surface area is 140 Å². The van der Waals surface area contributed by atoms with Gasteiger partial charge in [-0.25, -0.2) is 4.79 Å². The van der Waals surface area contributed by atoms with E-state index in [1.807, 2.05) is 0 Å². The Balaban J connectivity index is 1.31. The van der Waals surface area contributed by atoms with Crippen LogP contribution in [0.5, 0.6) is 5.75 Å². The third-order valence-electron chi connectivity index (χ3n) is 5.40. The Morgan fingerprint density at radius 1 is 1.04 bits per heavy atom. The summed E-state index contributed by atoms with van der Waals surface area (Å²) in [6.45, 7) is -0.140. The predicted molar refractivity (Wildman–Crippen MR) is 87.5 cm³/mol. The van der Waals surface area contributed by atoms with E-state index in [9.17, 15) is 4.79 Å². The summed E-state index contributed by atoms with van der Waals surface area (Å²) < 4.78 is 5.38. The van der Waals surface area contributed by atoms with Gasteiger partial charge in [0.1, 0.15) is 5.75 Å². The summed E-state index contributed by atoms with van der Waals surface area (Å²) in [4.78, 5) is 16.9. The van der Waals surface area contributed by atoms with Crippen LogP contribution in [0.4, 0.5) is 0 Å². The van der Waals surface area contributed by atoms with Gasteiger partial charge >= 0.3 is 5.97 Å². The molecule has 5 rings (SSSR count). The normalized spacial score (nSPS) is 31.1. The number of carbonyl (C=O) groups excluding carboxylic acids is 1. The van der Waals surface area contributed by atoms with Gasteiger partial charge in [-0.05, 0) is 68.2 Å². The first kappa shape index (κ1) is 15.0. The van der Waals surface area contributed by atoms with Crippen molar-refractivity contribution in [2.24, 2.45) is 28.8 Å². The first-order chi connectivity index (χ1) is 11.2. The third-order valence-corrected chi connectivity index (χ3v) is 5.65. The quantitative estimate of drug-likeness (QED) is 0.616. The lowest BCUT2D eigenvalue weighted by atomic mass is 9.55. The number of hydrogen-bond acceptors (Lipinski definition) is 4. The molecule has 23 heavy (non-hydrogen) atoms. The molecular weight excluding hydrogens is 314 g/mol. The summed E-state index contributed by atoms with van der Waals surface area (Å²) in [7, 11) is 0. The monoisotopic (exact) mass is 333 g/mol. The van der Waals surface area contributed by atoms with Crippen LogP contribution in [-0.2, 0) is 9.63 Å². The predicted octanol–water partition coefficient (Wildman–Crippen LogP) is 4.07. The van der Waals surface area contributed by atoms with E-state index in [4.69, 9.17) is 21.2 Å². The van der Waals surface area contributed by atoms with Crippen molar-refractivity contribution in [2.45, 2.75) is 32.1 Å². The minimum atomic E-state index is -0.457. The van der Waals surface area contributed by atoms with Crippen LogP contribution in [0.3, 0.4) is 0 Å². The standard InChI is InChI=1S/C18H20ClNO3/c19-15-1-3-16(4-2-15)22-10-17(21)23-20-18-13-6-11-5-12(8-13)9-14(18)7-11/h1-4,11-14H,5-10H2. The van der Waals surface area contributed by atoms with Gasteiger partial charge in [-0.1, -0.05) is 16.8 Å². The largest absolute Gasteiger partial charge is 0.482 e. The molecule has 0 amide bonds. The molecule has 0 saturated heterocycles.